The zero-order valence-corrected chi connectivity index (χ0v) is 17.0. The van der Waals surface area contributed by atoms with Gasteiger partial charge in [0.2, 0.25) is 11.6 Å². The van der Waals surface area contributed by atoms with Gasteiger partial charge in [0.25, 0.3) is 5.56 Å². The summed E-state index contributed by atoms with van der Waals surface area (Å²) >= 11 is 5.92. The first-order valence-corrected chi connectivity index (χ1v) is 9.48. The van der Waals surface area contributed by atoms with Crippen molar-refractivity contribution in [3.05, 3.63) is 86.8 Å². The molecule has 0 fully saturated rings. The molecular weight excluding hydrogens is 453 g/mol. The van der Waals surface area contributed by atoms with Gasteiger partial charge in [0.15, 0.2) is 17.8 Å². The van der Waals surface area contributed by atoms with Gasteiger partial charge in [-0.2, -0.15) is 17.9 Å². The Kier molecular flexibility index (Phi) is 6.93. The molecule has 2 N–H and O–H groups in total. The zero-order chi connectivity index (χ0) is 23.3. The Hall–Kier alpha value is -3.67. The van der Waals surface area contributed by atoms with E-state index in [9.17, 15) is 28.0 Å². The van der Waals surface area contributed by atoms with E-state index in [-0.39, 0.29) is 15.6 Å². The second-order valence-electron chi connectivity index (χ2n) is 6.50. The van der Waals surface area contributed by atoms with Crippen LogP contribution >= 0.6 is 11.6 Å². The number of rotatable bonds is 8. The molecule has 0 unspecified atom stereocenters. The second kappa shape index (κ2) is 9.64. The first-order valence-electron chi connectivity index (χ1n) is 9.11. The monoisotopic (exact) mass is 468 g/mol. The van der Waals surface area contributed by atoms with Gasteiger partial charge in [-0.1, -0.05) is 17.7 Å². The highest BCUT2D eigenvalue weighted by Gasteiger charge is 2.33. The van der Waals surface area contributed by atoms with Gasteiger partial charge in [-0.25, -0.2) is 4.98 Å². The first-order chi connectivity index (χ1) is 15.2. The summed E-state index contributed by atoms with van der Waals surface area (Å²) in [5.41, 5.74) is -1.74. The molecule has 0 spiro atoms. The number of alkyl halides is 2. The van der Waals surface area contributed by atoms with Gasteiger partial charge in [0.05, 0.1) is 12.7 Å². The maximum absolute atomic E-state index is 14.3. The number of hydrogen-bond acceptors (Lipinski definition) is 6. The number of anilines is 1. The Labute approximate surface area is 184 Å². The van der Waals surface area contributed by atoms with Crippen LogP contribution in [0.25, 0.3) is 0 Å². The number of halogens is 4. The van der Waals surface area contributed by atoms with Crippen molar-refractivity contribution >= 4 is 23.3 Å². The number of hydrogen-bond donors (Lipinski definition) is 2. The molecule has 0 aromatic carbocycles. The number of pyridine rings is 2. The van der Waals surface area contributed by atoms with Crippen LogP contribution in [0.15, 0.2) is 53.7 Å². The number of amides is 1. The molecule has 3 rings (SSSR count). The summed E-state index contributed by atoms with van der Waals surface area (Å²) in [5.74, 6) is -5.44. The van der Waals surface area contributed by atoms with Crippen molar-refractivity contribution in [1.82, 2.24) is 19.9 Å². The molecule has 13 heteroatoms. The average molecular weight is 469 g/mol. The molecule has 0 radical (unpaired) electrons. The highest BCUT2D eigenvalue weighted by atomic mass is 35.5. The summed E-state index contributed by atoms with van der Waals surface area (Å²) in [7, 11) is 0. The van der Waals surface area contributed by atoms with Gasteiger partial charge >= 0.3 is 5.92 Å². The topological polar surface area (TPSA) is 116 Å². The van der Waals surface area contributed by atoms with Crippen molar-refractivity contribution < 1.29 is 22.7 Å². The number of nitrogens with one attached hydrogen (secondary N) is 2. The average Bonchev–Trinajstić information content (AvgIpc) is 2.76. The van der Waals surface area contributed by atoms with Gasteiger partial charge in [-0.15, -0.1) is 0 Å². The summed E-state index contributed by atoms with van der Waals surface area (Å²) < 4.78 is 43.3. The third-order valence-electron chi connectivity index (χ3n) is 4.28. The fourth-order valence-corrected chi connectivity index (χ4v) is 2.83. The van der Waals surface area contributed by atoms with Crippen molar-refractivity contribution in [3.63, 3.8) is 0 Å². The quantitative estimate of drug-likeness (QED) is 0.383. The third kappa shape index (κ3) is 5.32. The molecule has 0 bridgehead atoms. The van der Waals surface area contributed by atoms with E-state index in [1.807, 2.05) is 0 Å². The van der Waals surface area contributed by atoms with Crippen molar-refractivity contribution in [2.24, 2.45) is 0 Å². The molecular formula is C19H16ClF3N6O3. The van der Waals surface area contributed by atoms with Crippen molar-refractivity contribution in [1.29, 1.82) is 0 Å². The summed E-state index contributed by atoms with van der Waals surface area (Å²) in [6.07, 6.45) is 3.29. The van der Waals surface area contributed by atoms with Crippen LogP contribution in [0.3, 0.4) is 0 Å². The Morgan fingerprint density at radius 3 is 2.72 bits per heavy atom. The van der Waals surface area contributed by atoms with Crippen LogP contribution in [0.5, 0.6) is 0 Å². The van der Waals surface area contributed by atoms with Crippen molar-refractivity contribution in [2.75, 3.05) is 11.9 Å². The molecule has 3 aromatic heterocycles. The Balaban J connectivity index is 1.69. The highest BCUT2D eigenvalue weighted by Crippen LogP contribution is 2.25. The molecule has 32 heavy (non-hydrogen) atoms. The highest BCUT2D eigenvalue weighted by molar-refractivity contribution is 6.29. The normalized spacial score (nSPS) is 11.2. The lowest BCUT2D eigenvalue weighted by molar-refractivity contribution is -0.616. The Morgan fingerprint density at radius 1 is 1.25 bits per heavy atom. The van der Waals surface area contributed by atoms with E-state index in [4.69, 9.17) is 11.6 Å². The van der Waals surface area contributed by atoms with E-state index >= 15 is 0 Å². The van der Waals surface area contributed by atoms with Crippen LogP contribution in [0.4, 0.5) is 19.0 Å². The molecule has 0 saturated carbocycles. The lowest BCUT2D eigenvalue weighted by Gasteiger charge is -2.17. The number of carbonyl (C=O) groups excluding carboxylic acids is 1. The Morgan fingerprint density at radius 2 is 2.03 bits per heavy atom. The SMILES string of the molecule is O=C(Cn1c(Cl)cnc(NCC(F)(F)c2ccccn2)c1=O)NCc1c(F)ccc[n+]1[O-]. The van der Waals surface area contributed by atoms with E-state index in [1.165, 1.54) is 24.4 Å². The number of aromatic nitrogens is 4. The molecule has 3 aromatic rings. The Bertz CT molecular complexity index is 1160. The standard InChI is InChI=1S/C19H16ClF3N6O3/c20-15-9-26-17(27-11-19(22,23)14-5-1-2-6-24-14)18(31)28(15)10-16(30)25-8-13-12(21)4-3-7-29(13)32/h1-7,9H,8,10-11H2,(H,25,30)(H,26,27). The molecule has 0 aliphatic carbocycles. The molecule has 168 valence electrons. The third-order valence-corrected chi connectivity index (χ3v) is 4.59. The molecule has 3 heterocycles. The van der Waals surface area contributed by atoms with Crippen LogP contribution in [-0.2, 0) is 23.8 Å². The van der Waals surface area contributed by atoms with E-state index in [0.717, 1.165) is 29.1 Å². The molecule has 0 aliphatic rings. The van der Waals surface area contributed by atoms with Crippen LogP contribution in [-0.4, -0.2) is 27.0 Å². The molecule has 0 aliphatic heterocycles. The lowest BCUT2D eigenvalue weighted by Crippen LogP contribution is -2.39. The maximum atomic E-state index is 14.3. The second-order valence-corrected chi connectivity index (χ2v) is 6.89. The van der Waals surface area contributed by atoms with E-state index < -0.39 is 54.4 Å². The van der Waals surface area contributed by atoms with Gasteiger partial charge < -0.3 is 15.8 Å². The van der Waals surface area contributed by atoms with Crippen LogP contribution < -0.4 is 20.9 Å². The van der Waals surface area contributed by atoms with Crippen LogP contribution in [0.2, 0.25) is 5.15 Å². The molecule has 0 saturated heterocycles. The fourth-order valence-electron chi connectivity index (χ4n) is 2.64. The minimum absolute atomic E-state index is 0.225. The summed E-state index contributed by atoms with van der Waals surface area (Å²) in [4.78, 5) is 32.1. The fraction of sp³-hybridized carbons (Fsp3) is 0.211. The van der Waals surface area contributed by atoms with Crippen molar-refractivity contribution in [3.8, 4) is 0 Å². The van der Waals surface area contributed by atoms with Crippen LogP contribution in [0, 0.1) is 11.0 Å². The first kappa shape index (κ1) is 23.0. The van der Waals surface area contributed by atoms with Gasteiger partial charge in [0.1, 0.15) is 23.9 Å². The summed E-state index contributed by atoms with van der Waals surface area (Å²) in [6.45, 7) is -2.02. The van der Waals surface area contributed by atoms with E-state index in [0.29, 0.717) is 0 Å². The predicted molar refractivity (Wildman–Crippen MR) is 107 cm³/mol. The maximum Gasteiger partial charge on any atom is 0.306 e. The van der Waals surface area contributed by atoms with E-state index in [1.54, 1.807) is 0 Å². The largest absolute Gasteiger partial charge is 0.618 e. The number of carbonyl (C=O) groups is 1. The predicted octanol–water partition coefficient (Wildman–Crippen LogP) is 1.58. The smallest absolute Gasteiger partial charge is 0.306 e. The van der Waals surface area contributed by atoms with Gasteiger partial charge in [-0.3, -0.25) is 19.1 Å². The number of nitrogens with zero attached hydrogens (tertiary/aromatic N) is 4. The van der Waals surface area contributed by atoms with Crippen molar-refractivity contribution in [2.45, 2.75) is 19.0 Å². The van der Waals surface area contributed by atoms with E-state index in [2.05, 4.69) is 20.6 Å². The zero-order valence-electron chi connectivity index (χ0n) is 16.3. The molecule has 9 nitrogen and oxygen atoms in total. The minimum Gasteiger partial charge on any atom is -0.618 e. The summed E-state index contributed by atoms with van der Waals surface area (Å²) in [5, 5.41) is 15.9. The minimum atomic E-state index is -3.40. The molecule has 0 atom stereocenters. The molecule has 1 amide bonds. The van der Waals surface area contributed by atoms with Gasteiger partial charge in [-0.05, 0) is 18.2 Å². The summed E-state index contributed by atoms with van der Waals surface area (Å²) in [6, 6.07) is 6.29. The lowest BCUT2D eigenvalue weighted by atomic mass is 10.2. The van der Waals surface area contributed by atoms with Crippen LogP contribution in [0.1, 0.15) is 11.4 Å². The van der Waals surface area contributed by atoms with Gasteiger partial charge in [0, 0.05) is 12.3 Å².